The molecule has 2 rings (SSSR count). The predicted octanol–water partition coefficient (Wildman–Crippen LogP) is 3.60. The van der Waals surface area contributed by atoms with Crippen LogP contribution in [0.3, 0.4) is 0 Å². The zero-order valence-electron chi connectivity index (χ0n) is 13.7. The van der Waals surface area contributed by atoms with Gasteiger partial charge in [0, 0.05) is 18.6 Å². The summed E-state index contributed by atoms with van der Waals surface area (Å²) < 4.78 is 5.27. The number of likely N-dealkylation sites (tertiary alicyclic amines) is 1. The lowest BCUT2D eigenvalue weighted by Gasteiger charge is -2.41. The minimum Gasteiger partial charge on any atom is -0.497 e. The number of methoxy groups -OCH3 is 1. The minimum absolute atomic E-state index is 0.189. The van der Waals surface area contributed by atoms with Gasteiger partial charge in [0.15, 0.2) is 0 Å². The van der Waals surface area contributed by atoms with Crippen molar-refractivity contribution in [1.82, 2.24) is 4.90 Å². The van der Waals surface area contributed by atoms with Crippen LogP contribution in [-0.2, 0) is 0 Å². The van der Waals surface area contributed by atoms with Crippen LogP contribution in [0.4, 0.5) is 0 Å². The van der Waals surface area contributed by atoms with Crippen molar-refractivity contribution in [3.63, 3.8) is 0 Å². The Hall–Kier alpha value is -1.06. The predicted molar refractivity (Wildman–Crippen MR) is 88.6 cm³/mol. The standard InChI is InChI=1S/C18H30N2O/c1-4-14-7-6-12-20(13-14)18(17(19)5-2)15-8-10-16(21-3)11-9-15/h8-11,14,17-18H,4-7,12-13,19H2,1-3H3. The first kappa shape index (κ1) is 16.3. The number of hydrogen-bond donors (Lipinski definition) is 1. The van der Waals surface area contributed by atoms with E-state index < -0.39 is 0 Å². The van der Waals surface area contributed by atoms with E-state index in [0.717, 1.165) is 18.1 Å². The molecule has 0 spiro atoms. The van der Waals surface area contributed by atoms with Gasteiger partial charge in [-0.1, -0.05) is 32.4 Å². The first-order valence-corrected chi connectivity index (χ1v) is 8.33. The van der Waals surface area contributed by atoms with Crippen molar-refractivity contribution < 1.29 is 4.74 Å². The molecule has 118 valence electrons. The van der Waals surface area contributed by atoms with Crippen LogP contribution in [0, 0.1) is 5.92 Å². The van der Waals surface area contributed by atoms with Crippen LogP contribution in [0.15, 0.2) is 24.3 Å². The molecule has 0 aromatic heterocycles. The molecular formula is C18H30N2O. The summed E-state index contributed by atoms with van der Waals surface area (Å²) in [5.74, 6) is 1.73. The molecule has 3 heteroatoms. The molecule has 1 heterocycles. The lowest BCUT2D eigenvalue weighted by molar-refractivity contribution is 0.104. The molecule has 0 radical (unpaired) electrons. The summed E-state index contributed by atoms with van der Waals surface area (Å²) in [4.78, 5) is 2.60. The fourth-order valence-corrected chi connectivity index (χ4v) is 3.44. The van der Waals surface area contributed by atoms with Gasteiger partial charge in [0.2, 0.25) is 0 Å². The molecule has 1 aromatic carbocycles. The Bertz CT molecular complexity index is 418. The van der Waals surface area contributed by atoms with E-state index in [4.69, 9.17) is 10.5 Å². The average Bonchev–Trinajstić information content (AvgIpc) is 2.55. The maximum absolute atomic E-state index is 6.46. The summed E-state index contributed by atoms with van der Waals surface area (Å²) in [5.41, 5.74) is 7.79. The normalized spacial score (nSPS) is 22.8. The maximum Gasteiger partial charge on any atom is 0.118 e. The Morgan fingerprint density at radius 2 is 2.00 bits per heavy atom. The molecule has 3 unspecified atom stereocenters. The number of hydrogen-bond acceptors (Lipinski definition) is 3. The fourth-order valence-electron chi connectivity index (χ4n) is 3.44. The fraction of sp³-hybridized carbons (Fsp3) is 0.667. The van der Waals surface area contributed by atoms with E-state index in [0.29, 0.717) is 6.04 Å². The Morgan fingerprint density at radius 3 is 2.57 bits per heavy atom. The average molecular weight is 290 g/mol. The summed E-state index contributed by atoms with van der Waals surface area (Å²) >= 11 is 0. The summed E-state index contributed by atoms with van der Waals surface area (Å²) in [6.07, 6.45) is 4.93. The van der Waals surface area contributed by atoms with Gasteiger partial charge in [-0.3, -0.25) is 4.90 Å². The molecule has 21 heavy (non-hydrogen) atoms. The van der Waals surface area contributed by atoms with Crippen LogP contribution in [0.5, 0.6) is 5.75 Å². The second-order valence-electron chi connectivity index (χ2n) is 6.20. The smallest absolute Gasteiger partial charge is 0.118 e. The molecule has 1 saturated heterocycles. The summed E-state index contributed by atoms with van der Waals surface area (Å²) in [5, 5.41) is 0. The molecular weight excluding hydrogens is 260 g/mol. The number of benzene rings is 1. The topological polar surface area (TPSA) is 38.5 Å². The summed E-state index contributed by atoms with van der Waals surface area (Å²) in [6.45, 7) is 6.83. The Kier molecular flexibility index (Phi) is 6.07. The van der Waals surface area contributed by atoms with Gasteiger partial charge >= 0.3 is 0 Å². The van der Waals surface area contributed by atoms with Gasteiger partial charge in [-0.2, -0.15) is 0 Å². The van der Waals surface area contributed by atoms with E-state index in [-0.39, 0.29) is 6.04 Å². The van der Waals surface area contributed by atoms with E-state index in [1.54, 1.807) is 7.11 Å². The Labute approximate surface area is 129 Å². The first-order chi connectivity index (χ1) is 10.2. The van der Waals surface area contributed by atoms with E-state index >= 15 is 0 Å². The molecule has 1 aromatic rings. The van der Waals surface area contributed by atoms with Gasteiger partial charge in [0.05, 0.1) is 7.11 Å². The van der Waals surface area contributed by atoms with Crippen molar-refractivity contribution in [2.45, 2.75) is 51.6 Å². The van der Waals surface area contributed by atoms with Crippen LogP contribution < -0.4 is 10.5 Å². The Morgan fingerprint density at radius 1 is 1.29 bits per heavy atom. The molecule has 0 bridgehead atoms. The molecule has 3 atom stereocenters. The number of nitrogens with zero attached hydrogens (tertiary/aromatic N) is 1. The molecule has 1 aliphatic heterocycles. The van der Waals surface area contributed by atoms with Gasteiger partial charge in [0.25, 0.3) is 0 Å². The molecule has 0 aliphatic carbocycles. The van der Waals surface area contributed by atoms with Gasteiger partial charge in [0.1, 0.15) is 5.75 Å². The lowest BCUT2D eigenvalue weighted by atomic mass is 9.90. The van der Waals surface area contributed by atoms with Crippen LogP contribution in [-0.4, -0.2) is 31.1 Å². The molecule has 2 N–H and O–H groups in total. The van der Waals surface area contributed by atoms with E-state index in [1.165, 1.54) is 37.9 Å². The van der Waals surface area contributed by atoms with Crippen LogP contribution in [0.25, 0.3) is 0 Å². The SMILES string of the molecule is CCC1CCCN(C(c2ccc(OC)cc2)C(N)CC)C1. The van der Waals surface area contributed by atoms with E-state index in [9.17, 15) is 0 Å². The number of nitrogens with two attached hydrogens (primary N) is 1. The third-order valence-corrected chi connectivity index (χ3v) is 4.86. The van der Waals surface area contributed by atoms with Crippen LogP contribution in [0.1, 0.15) is 51.1 Å². The van der Waals surface area contributed by atoms with Crippen molar-refractivity contribution in [3.05, 3.63) is 29.8 Å². The van der Waals surface area contributed by atoms with E-state index in [2.05, 4.69) is 30.9 Å². The lowest BCUT2D eigenvalue weighted by Crippen LogP contribution is -2.45. The van der Waals surface area contributed by atoms with Gasteiger partial charge in [-0.25, -0.2) is 0 Å². The van der Waals surface area contributed by atoms with Gasteiger partial charge < -0.3 is 10.5 Å². The molecule has 0 amide bonds. The van der Waals surface area contributed by atoms with Gasteiger partial charge in [-0.05, 0) is 49.4 Å². The molecule has 3 nitrogen and oxygen atoms in total. The van der Waals surface area contributed by atoms with Crippen molar-refractivity contribution in [3.8, 4) is 5.75 Å². The highest BCUT2D eigenvalue weighted by Gasteiger charge is 2.29. The zero-order chi connectivity index (χ0) is 15.2. The van der Waals surface area contributed by atoms with Crippen LogP contribution in [0.2, 0.25) is 0 Å². The maximum atomic E-state index is 6.46. The zero-order valence-corrected chi connectivity index (χ0v) is 13.7. The van der Waals surface area contributed by atoms with Crippen molar-refractivity contribution in [2.24, 2.45) is 11.7 Å². The van der Waals surface area contributed by atoms with Crippen molar-refractivity contribution >= 4 is 0 Å². The number of rotatable bonds is 6. The van der Waals surface area contributed by atoms with Gasteiger partial charge in [-0.15, -0.1) is 0 Å². The number of ether oxygens (including phenoxy) is 1. The van der Waals surface area contributed by atoms with Crippen molar-refractivity contribution in [1.29, 1.82) is 0 Å². The minimum atomic E-state index is 0.189. The second-order valence-corrected chi connectivity index (χ2v) is 6.20. The third-order valence-electron chi connectivity index (χ3n) is 4.86. The molecule has 0 saturated carbocycles. The molecule has 1 fully saturated rings. The highest BCUT2D eigenvalue weighted by atomic mass is 16.5. The summed E-state index contributed by atoms with van der Waals surface area (Å²) in [6, 6.07) is 8.96. The largest absolute Gasteiger partial charge is 0.497 e. The third kappa shape index (κ3) is 3.98. The van der Waals surface area contributed by atoms with E-state index in [1.807, 2.05) is 12.1 Å². The highest BCUT2D eigenvalue weighted by molar-refractivity contribution is 5.30. The number of piperidine rings is 1. The Balaban J connectivity index is 2.20. The highest BCUT2D eigenvalue weighted by Crippen LogP contribution is 2.31. The summed E-state index contributed by atoms with van der Waals surface area (Å²) in [7, 11) is 1.71. The monoisotopic (exact) mass is 290 g/mol. The quantitative estimate of drug-likeness (QED) is 0.870. The van der Waals surface area contributed by atoms with Crippen LogP contribution >= 0.6 is 0 Å². The first-order valence-electron chi connectivity index (χ1n) is 8.33. The second kappa shape index (κ2) is 7.81. The molecule has 1 aliphatic rings. The van der Waals surface area contributed by atoms with Crippen molar-refractivity contribution in [2.75, 3.05) is 20.2 Å².